The lowest BCUT2D eigenvalue weighted by Gasteiger charge is -2.58. The molecule has 5 nitrogen and oxygen atoms in total. The maximum absolute atomic E-state index is 11.3. The van der Waals surface area contributed by atoms with Gasteiger partial charge in [-0.15, -0.1) is 0 Å². The number of phenols is 1. The third-order valence-electron chi connectivity index (χ3n) is 8.36. The van der Waals surface area contributed by atoms with Crippen molar-refractivity contribution >= 4 is 11.0 Å². The highest BCUT2D eigenvalue weighted by Gasteiger charge is 2.56. The Balaban J connectivity index is 1.58. The van der Waals surface area contributed by atoms with Crippen molar-refractivity contribution in [2.45, 2.75) is 51.0 Å². The van der Waals surface area contributed by atoms with Crippen LogP contribution in [0.15, 0.2) is 24.3 Å². The minimum atomic E-state index is -0.113. The lowest BCUT2D eigenvalue weighted by molar-refractivity contribution is 0.0211. The van der Waals surface area contributed by atoms with Crippen molar-refractivity contribution in [3.63, 3.8) is 0 Å². The van der Waals surface area contributed by atoms with E-state index in [4.69, 9.17) is 14.7 Å². The maximum atomic E-state index is 11.3. The van der Waals surface area contributed by atoms with E-state index in [9.17, 15) is 5.11 Å². The molecule has 1 aliphatic heterocycles. The van der Waals surface area contributed by atoms with E-state index in [1.54, 1.807) is 7.11 Å². The Morgan fingerprint density at radius 1 is 1.06 bits per heavy atom. The number of fused-ring (bicyclic) bond motifs is 3. The van der Waals surface area contributed by atoms with E-state index in [1.165, 1.54) is 16.7 Å². The topological polar surface area (TPSA) is 58.5 Å². The van der Waals surface area contributed by atoms with Crippen molar-refractivity contribution in [3.05, 3.63) is 57.9 Å². The van der Waals surface area contributed by atoms with Crippen molar-refractivity contribution < 1.29 is 9.84 Å². The zero-order chi connectivity index (χ0) is 21.5. The Kier molecular flexibility index (Phi) is 3.95. The first-order chi connectivity index (χ1) is 14.9. The quantitative estimate of drug-likeness (QED) is 0.654. The molecule has 3 aromatic rings. The van der Waals surface area contributed by atoms with Crippen LogP contribution in [-0.4, -0.2) is 46.7 Å². The highest BCUT2D eigenvalue weighted by atomic mass is 16.5. The van der Waals surface area contributed by atoms with Crippen LogP contribution in [0.4, 0.5) is 0 Å². The molecule has 1 fully saturated rings. The van der Waals surface area contributed by atoms with Gasteiger partial charge in [-0.2, -0.15) is 0 Å². The first-order valence-electron chi connectivity index (χ1n) is 11.3. The SMILES string of the molecule is COc1ccc2c(c1O)C13CCN(C)[C@H](C2)C1Cc1nc2cc(C)c(C)cc2nc1C3. The summed E-state index contributed by atoms with van der Waals surface area (Å²) in [5.74, 6) is 1.32. The average molecular weight is 416 g/mol. The lowest BCUT2D eigenvalue weighted by atomic mass is 9.52. The largest absolute Gasteiger partial charge is 0.504 e. The third kappa shape index (κ3) is 2.53. The zero-order valence-electron chi connectivity index (χ0n) is 18.7. The number of benzene rings is 2. The Labute approximate surface area is 183 Å². The number of aromatic hydroxyl groups is 1. The van der Waals surface area contributed by atoms with Gasteiger partial charge in [0.15, 0.2) is 11.5 Å². The molecule has 0 radical (unpaired) electrons. The molecule has 3 atom stereocenters. The fraction of sp³-hybridized carbons (Fsp3) is 0.462. The summed E-state index contributed by atoms with van der Waals surface area (Å²) in [6, 6.07) is 8.86. The second-order valence-electron chi connectivity index (χ2n) is 9.84. The maximum Gasteiger partial charge on any atom is 0.161 e. The van der Waals surface area contributed by atoms with Gasteiger partial charge >= 0.3 is 0 Å². The summed E-state index contributed by atoms with van der Waals surface area (Å²) in [6.45, 7) is 5.30. The van der Waals surface area contributed by atoms with E-state index in [0.717, 1.165) is 60.2 Å². The van der Waals surface area contributed by atoms with Crippen molar-refractivity contribution in [1.29, 1.82) is 0 Å². The van der Waals surface area contributed by atoms with Crippen LogP contribution in [0, 0.1) is 19.8 Å². The molecule has 1 N–H and O–H groups in total. The van der Waals surface area contributed by atoms with Crippen LogP contribution in [0.25, 0.3) is 11.0 Å². The molecule has 31 heavy (non-hydrogen) atoms. The van der Waals surface area contributed by atoms with Crippen molar-refractivity contribution in [2.24, 2.45) is 5.92 Å². The number of nitrogens with zero attached hydrogens (tertiary/aromatic N) is 3. The van der Waals surface area contributed by atoms with E-state index in [1.807, 2.05) is 6.07 Å². The lowest BCUT2D eigenvalue weighted by Crippen LogP contribution is -2.61. The number of likely N-dealkylation sites (tertiary alicyclic amines) is 1. The summed E-state index contributed by atoms with van der Waals surface area (Å²) >= 11 is 0. The highest BCUT2D eigenvalue weighted by Crippen LogP contribution is 2.57. The molecule has 2 bridgehead atoms. The van der Waals surface area contributed by atoms with Crippen molar-refractivity contribution in [2.75, 3.05) is 20.7 Å². The molecule has 2 unspecified atom stereocenters. The summed E-state index contributed by atoms with van der Waals surface area (Å²) in [5, 5.41) is 11.3. The van der Waals surface area contributed by atoms with Gasteiger partial charge in [-0.1, -0.05) is 6.07 Å². The van der Waals surface area contributed by atoms with Gasteiger partial charge in [0.25, 0.3) is 0 Å². The highest BCUT2D eigenvalue weighted by molar-refractivity contribution is 5.77. The van der Waals surface area contributed by atoms with Crippen LogP contribution in [-0.2, 0) is 24.7 Å². The molecule has 160 valence electrons. The molecule has 0 spiro atoms. The molecule has 2 aromatic carbocycles. The van der Waals surface area contributed by atoms with E-state index in [0.29, 0.717) is 23.5 Å². The van der Waals surface area contributed by atoms with E-state index < -0.39 is 0 Å². The second-order valence-corrected chi connectivity index (χ2v) is 9.84. The summed E-state index contributed by atoms with van der Waals surface area (Å²) in [7, 11) is 3.88. The number of aromatic nitrogens is 2. The molecular weight excluding hydrogens is 386 g/mol. The van der Waals surface area contributed by atoms with Crippen LogP contribution >= 0.6 is 0 Å². The van der Waals surface area contributed by atoms with Gasteiger partial charge in [-0.25, -0.2) is 9.97 Å². The molecule has 6 rings (SSSR count). The molecule has 2 heterocycles. The Morgan fingerprint density at radius 2 is 1.77 bits per heavy atom. The number of hydrogen-bond donors (Lipinski definition) is 1. The van der Waals surface area contributed by atoms with Crippen molar-refractivity contribution in [1.82, 2.24) is 14.9 Å². The number of likely N-dealkylation sites (N-methyl/N-ethyl adjacent to an activating group) is 1. The Bertz CT molecular complexity index is 1240. The Hall–Kier alpha value is -2.66. The zero-order valence-corrected chi connectivity index (χ0v) is 18.7. The normalized spacial score (nSPS) is 26.8. The van der Waals surface area contributed by atoms with Gasteiger partial charge in [0.1, 0.15) is 0 Å². The number of phenolic OH excluding ortho intramolecular Hbond substituents is 1. The second kappa shape index (κ2) is 6.42. The number of aryl methyl sites for hydroxylation is 2. The number of ether oxygens (including phenoxy) is 1. The summed E-state index contributed by atoms with van der Waals surface area (Å²) < 4.78 is 5.51. The van der Waals surface area contributed by atoms with Crippen molar-refractivity contribution in [3.8, 4) is 11.5 Å². The van der Waals surface area contributed by atoms with Gasteiger partial charge in [-0.3, -0.25) is 0 Å². The van der Waals surface area contributed by atoms with E-state index >= 15 is 0 Å². The molecular formula is C26H29N3O2. The fourth-order valence-corrected chi connectivity index (χ4v) is 6.58. The van der Waals surface area contributed by atoms with Crippen LogP contribution in [0.1, 0.15) is 40.1 Å². The third-order valence-corrected chi connectivity index (χ3v) is 8.36. The molecule has 1 aromatic heterocycles. The predicted molar refractivity (Wildman–Crippen MR) is 121 cm³/mol. The molecule has 3 aliphatic rings. The molecule has 1 saturated heterocycles. The smallest absolute Gasteiger partial charge is 0.161 e. The molecule has 5 heteroatoms. The summed E-state index contributed by atoms with van der Waals surface area (Å²) in [4.78, 5) is 12.7. The Morgan fingerprint density at radius 3 is 2.48 bits per heavy atom. The average Bonchev–Trinajstić information content (AvgIpc) is 2.74. The first-order valence-corrected chi connectivity index (χ1v) is 11.3. The minimum absolute atomic E-state index is 0.113. The standard InChI is InChI=1S/C26H29N3O2/c1-14-9-18-19(10-15(14)2)28-21-13-26-7-8-29(3)22(17(26)12-20(21)27-18)11-16-5-6-23(31-4)25(30)24(16)26/h5-6,9-10,17,22,30H,7-8,11-13H2,1-4H3/t17?,22-,26?/m1/s1. The number of methoxy groups -OCH3 is 1. The van der Waals surface area contributed by atoms with Gasteiger partial charge in [0.2, 0.25) is 0 Å². The van der Waals surface area contributed by atoms with E-state index in [2.05, 4.69) is 44.0 Å². The number of piperidine rings is 1. The monoisotopic (exact) mass is 415 g/mol. The summed E-state index contributed by atoms with van der Waals surface area (Å²) in [5.41, 5.74) is 8.98. The summed E-state index contributed by atoms with van der Waals surface area (Å²) in [6.07, 6.45) is 3.73. The van der Waals surface area contributed by atoms with E-state index in [-0.39, 0.29) is 5.41 Å². The van der Waals surface area contributed by atoms with Crippen LogP contribution in [0.5, 0.6) is 11.5 Å². The van der Waals surface area contributed by atoms with Gasteiger partial charge in [0.05, 0.1) is 29.5 Å². The fourth-order valence-electron chi connectivity index (χ4n) is 6.58. The molecule has 0 amide bonds. The first kappa shape index (κ1) is 19.1. The van der Waals surface area contributed by atoms with Gasteiger partial charge in [-0.05, 0) is 87.5 Å². The van der Waals surface area contributed by atoms with Crippen LogP contribution < -0.4 is 4.74 Å². The number of rotatable bonds is 1. The number of hydrogen-bond acceptors (Lipinski definition) is 5. The predicted octanol–water partition coefficient (Wildman–Crippen LogP) is 3.87. The molecule has 2 aliphatic carbocycles. The minimum Gasteiger partial charge on any atom is -0.504 e. The van der Waals surface area contributed by atoms with Crippen LogP contribution in [0.3, 0.4) is 0 Å². The van der Waals surface area contributed by atoms with Gasteiger partial charge < -0.3 is 14.7 Å². The van der Waals surface area contributed by atoms with Crippen LogP contribution in [0.2, 0.25) is 0 Å². The van der Waals surface area contributed by atoms with Gasteiger partial charge in [0, 0.05) is 23.4 Å². The molecule has 0 saturated carbocycles.